The molecule has 66 valence electrons. The van der Waals surface area contributed by atoms with E-state index in [1.54, 1.807) is 0 Å². The molecule has 0 aliphatic carbocycles. The number of hydrogen-bond acceptors (Lipinski definition) is 2. The molecule has 0 atom stereocenters. The molecule has 3 N–H and O–H groups in total. The number of halogens is 3. The monoisotopic (exact) mass is 171 g/mol. The molecule has 0 aromatic heterocycles. The first-order chi connectivity index (χ1) is 4.99. The molecule has 0 aliphatic heterocycles. The maximum absolute atomic E-state index is 11.5. The number of rotatable bonds is 1. The molecule has 4 nitrogen and oxygen atoms in total. The molecule has 0 aromatic rings. The summed E-state index contributed by atoms with van der Waals surface area (Å²) in [7, 11) is 1.24. The zero-order valence-corrected chi connectivity index (χ0v) is 5.74. The number of alkyl halides is 3. The van der Waals surface area contributed by atoms with E-state index in [2.05, 4.69) is 4.99 Å². The number of nitrogens with one attached hydrogen (secondary N) is 2. The van der Waals surface area contributed by atoms with Gasteiger partial charge >= 0.3 is 6.18 Å². The van der Waals surface area contributed by atoms with E-state index < -0.39 is 12.7 Å². The largest absolute Gasteiger partial charge is 0.405 e. The normalized spacial score (nSPS) is 13.0. The van der Waals surface area contributed by atoms with E-state index in [1.807, 2.05) is 5.32 Å². The number of guanidine groups is 1. The molecule has 0 aromatic carbocycles. The van der Waals surface area contributed by atoms with Gasteiger partial charge in [0.2, 0.25) is 5.96 Å². The predicted octanol–water partition coefficient (Wildman–Crippen LogP) is 0.103. The Morgan fingerprint density at radius 3 is 2.36 bits per heavy atom. The molecule has 0 aliphatic rings. The van der Waals surface area contributed by atoms with Gasteiger partial charge in [0.1, 0.15) is 6.54 Å². The highest BCUT2D eigenvalue weighted by molar-refractivity contribution is 5.78. The number of nitrogens with zero attached hydrogens (tertiary/aromatic N) is 1. The van der Waals surface area contributed by atoms with Gasteiger partial charge in [0.25, 0.3) is 0 Å². The lowest BCUT2D eigenvalue weighted by atomic mass is 10.6. The summed E-state index contributed by atoms with van der Waals surface area (Å²) in [4.78, 5) is 3.25. The van der Waals surface area contributed by atoms with Crippen LogP contribution < -0.4 is 10.8 Å². The molecule has 0 amide bonds. The Morgan fingerprint density at radius 1 is 1.55 bits per heavy atom. The van der Waals surface area contributed by atoms with E-state index in [0.717, 1.165) is 0 Å². The molecule has 0 unspecified atom stereocenters. The summed E-state index contributed by atoms with van der Waals surface area (Å²) in [6.07, 6.45) is -4.31. The van der Waals surface area contributed by atoms with E-state index >= 15 is 0 Å². The Morgan fingerprint density at radius 2 is 2.09 bits per heavy atom. The zero-order valence-electron chi connectivity index (χ0n) is 5.74. The summed E-state index contributed by atoms with van der Waals surface area (Å²) in [6, 6.07) is 0. The fraction of sp³-hybridized carbons (Fsp3) is 0.750. The third-order valence-electron chi connectivity index (χ3n) is 0.786. The molecule has 0 rings (SSSR count). The van der Waals surface area contributed by atoms with Crippen LogP contribution in [0.15, 0.2) is 4.99 Å². The van der Waals surface area contributed by atoms with Crippen molar-refractivity contribution in [3.05, 3.63) is 0 Å². The lowest BCUT2D eigenvalue weighted by Crippen LogP contribution is -2.40. The topological polar surface area (TPSA) is 56.7 Å². The van der Waals surface area contributed by atoms with Gasteiger partial charge in [0.15, 0.2) is 0 Å². The summed E-state index contributed by atoms with van der Waals surface area (Å²) >= 11 is 0. The van der Waals surface area contributed by atoms with E-state index in [1.165, 1.54) is 12.5 Å². The summed E-state index contributed by atoms with van der Waals surface area (Å²) in [5, 5.41) is 9.94. The van der Waals surface area contributed by atoms with E-state index in [4.69, 9.17) is 5.21 Å². The Labute approximate surface area is 61.1 Å². The molecule has 0 fully saturated rings. The van der Waals surface area contributed by atoms with E-state index in [0.29, 0.717) is 0 Å². The van der Waals surface area contributed by atoms with Crippen LogP contribution in [0, 0.1) is 0 Å². The van der Waals surface area contributed by atoms with Crippen LogP contribution in [-0.2, 0) is 0 Å². The number of aliphatic imine (C=N–C) groups is 1. The van der Waals surface area contributed by atoms with Crippen molar-refractivity contribution in [3.8, 4) is 0 Å². The fourth-order valence-corrected chi connectivity index (χ4v) is 0.353. The van der Waals surface area contributed by atoms with Gasteiger partial charge in [0, 0.05) is 7.05 Å². The van der Waals surface area contributed by atoms with Crippen LogP contribution in [0.4, 0.5) is 13.2 Å². The molecule has 0 radical (unpaired) electrons. The van der Waals surface area contributed by atoms with Crippen LogP contribution >= 0.6 is 0 Å². The van der Waals surface area contributed by atoms with Crippen LogP contribution in [0.1, 0.15) is 0 Å². The quantitative estimate of drug-likeness (QED) is 0.298. The predicted molar refractivity (Wildman–Crippen MR) is 32.3 cm³/mol. The second kappa shape index (κ2) is 4.02. The standard InChI is InChI=1S/C4H8F3N3O/c1-8-3(10-11)9-2-4(5,6)7/h11H,2H2,1H3,(H2,8,9,10). The molecular formula is C4H8F3N3O. The lowest BCUT2D eigenvalue weighted by Gasteiger charge is -2.09. The Bertz CT molecular complexity index is 144. The highest BCUT2D eigenvalue weighted by Gasteiger charge is 2.26. The highest BCUT2D eigenvalue weighted by atomic mass is 19.4. The van der Waals surface area contributed by atoms with Crippen LogP contribution in [-0.4, -0.2) is 30.9 Å². The van der Waals surface area contributed by atoms with Crippen molar-refractivity contribution in [1.82, 2.24) is 10.8 Å². The van der Waals surface area contributed by atoms with Gasteiger partial charge in [-0.15, -0.1) is 0 Å². The van der Waals surface area contributed by atoms with Gasteiger partial charge < -0.3 is 5.32 Å². The summed E-state index contributed by atoms with van der Waals surface area (Å²) in [5.74, 6) is -0.317. The SMILES string of the molecule is CN=C(NO)NCC(F)(F)F. The minimum atomic E-state index is -4.31. The van der Waals surface area contributed by atoms with E-state index in [9.17, 15) is 13.2 Å². The fourth-order valence-electron chi connectivity index (χ4n) is 0.353. The number of hydroxylamine groups is 1. The molecule has 0 saturated carbocycles. The molecule has 0 bridgehead atoms. The van der Waals surface area contributed by atoms with Crippen LogP contribution in [0.3, 0.4) is 0 Å². The summed E-state index contributed by atoms with van der Waals surface area (Å²) in [5.41, 5.74) is 1.46. The summed E-state index contributed by atoms with van der Waals surface area (Å²) in [6.45, 7) is -1.23. The first-order valence-corrected chi connectivity index (χ1v) is 2.67. The maximum atomic E-state index is 11.5. The third kappa shape index (κ3) is 5.46. The van der Waals surface area contributed by atoms with Gasteiger partial charge in [0.05, 0.1) is 0 Å². The highest BCUT2D eigenvalue weighted by Crippen LogP contribution is 2.11. The molecule has 0 heterocycles. The summed E-state index contributed by atoms with van der Waals surface area (Å²) < 4.78 is 34.4. The van der Waals surface area contributed by atoms with Gasteiger partial charge in [-0.1, -0.05) is 0 Å². The minimum absolute atomic E-state index is 0.317. The second-order valence-corrected chi connectivity index (χ2v) is 1.65. The van der Waals surface area contributed by atoms with Crippen molar-refractivity contribution in [3.63, 3.8) is 0 Å². The van der Waals surface area contributed by atoms with Gasteiger partial charge in [-0.05, 0) is 0 Å². The van der Waals surface area contributed by atoms with Crippen molar-refractivity contribution in [2.24, 2.45) is 4.99 Å². The molecule has 0 saturated heterocycles. The van der Waals surface area contributed by atoms with Crippen LogP contribution in [0.5, 0.6) is 0 Å². The van der Waals surface area contributed by atoms with Crippen molar-refractivity contribution >= 4 is 5.96 Å². The van der Waals surface area contributed by atoms with Crippen LogP contribution in [0.2, 0.25) is 0 Å². The van der Waals surface area contributed by atoms with Crippen LogP contribution in [0.25, 0.3) is 0 Å². The Kier molecular flexibility index (Phi) is 3.66. The van der Waals surface area contributed by atoms with Gasteiger partial charge in [-0.25, -0.2) is 5.48 Å². The van der Waals surface area contributed by atoms with Crippen molar-refractivity contribution in [2.45, 2.75) is 6.18 Å². The van der Waals surface area contributed by atoms with E-state index in [-0.39, 0.29) is 5.96 Å². The second-order valence-electron chi connectivity index (χ2n) is 1.65. The average molecular weight is 171 g/mol. The lowest BCUT2D eigenvalue weighted by molar-refractivity contribution is -0.122. The molecule has 0 spiro atoms. The molecule has 7 heteroatoms. The number of hydrogen-bond donors (Lipinski definition) is 3. The first kappa shape index (κ1) is 10.0. The Hall–Kier alpha value is -0.980. The average Bonchev–Trinajstić information content (AvgIpc) is 1.88. The maximum Gasteiger partial charge on any atom is 0.405 e. The van der Waals surface area contributed by atoms with Gasteiger partial charge in [-0.3, -0.25) is 10.2 Å². The van der Waals surface area contributed by atoms with Crippen molar-refractivity contribution < 1.29 is 18.4 Å². The smallest absolute Gasteiger partial charge is 0.346 e. The zero-order chi connectivity index (χ0) is 8.91. The minimum Gasteiger partial charge on any atom is -0.346 e. The van der Waals surface area contributed by atoms with Gasteiger partial charge in [-0.2, -0.15) is 13.2 Å². The first-order valence-electron chi connectivity index (χ1n) is 2.67. The van der Waals surface area contributed by atoms with Crippen molar-refractivity contribution in [1.29, 1.82) is 0 Å². The molecule has 11 heavy (non-hydrogen) atoms. The van der Waals surface area contributed by atoms with Crippen molar-refractivity contribution in [2.75, 3.05) is 13.6 Å². The Balaban J connectivity index is 3.70. The molecular weight excluding hydrogens is 163 g/mol. The third-order valence-corrected chi connectivity index (χ3v) is 0.786.